The first-order chi connectivity index (χ1) is 10.1. The summed E-state index contributed by atoms with van der Waals surface area (Å²) in [6.45, 7) is 8.20. The Morgan fingerprint density at radius 2 is 2.24 bits per heavy atom. The number of aryl methyl sites for hydroxylation is 2. The Balaban J connectivity index is 1.77. The van der Waals surface area contributed by atoms with Crippen molar-refractivity contribution in [3.05, 3.63) is 11.4 Å². The fourth-order valence-corrected chi connectivity index (χ4v) is 2.73. The number of aromatic nitrogens is 2. The van der Waals surface area contributed by atoms with Crippen LogP contribution in [0.15, 0.2) is 0 Å². The van der Waals surface area contributed by atoms with Gasteiger partial charge in [-0.1, -0.05) is 0 Å². The summed E-state index contributed by atoms with van der Waals surface area (Å²) in [5, 5.41) is 10.2. The molecule has 1 fully saturated rings. The Morgan fingerprint density at radius 1 is 1.43 bits per heavy atom. The molecule has 2 rings (SSSR count). The molecule has 0 unspecified atom stereocenters. The van der Waals surface area contributed by atoms with Crippen LogP contribution < -0.4 is 10.6 Å². The van der Waals surface area contributed by atoms with Gasteiger partial charge in [-0.2, -0.15) is 5.10 Å². The molecule has 118 valence electrons. The summed E-state index contributed by atoms with van der Waals surface area (Å²) in [5.74, 6) is 0. The minimum absolute atomic E-state index is 0.173. The highest BCUT2D eigenvalue weighted by atomic mass is 16.5. The number of ether oxygens (including phenoxy) is 1. The summed E-state index contributed by atoms with van der Waals surface area (Å²) in [7, 11) is 0. The first-order valence-electron chi connectivity index (χ1n) is 7.82. The monoisotopic (exact) mass is 294 g/mol. The molecule has 6 nitrogen and oxygen atoms in total. The first-order valence-corrected chi connectivity index (χ1v) is 7.82. The van der Waals surface area contributed by atoms with Crippen LogP contribution in [0.2, 0.25) is 0 Å². The molecule has 0 bridgehead atoms. The fraction of sp³-hybridized carbons (Fsp3) is 0.733. The molecule has 0 spiro atoms. The molecule has 0 saturated carbocycles. The van der Waals surface area contributed by atoms with Crippen molar-refractivity contribution >= 4 is 11.7 Å². The average molecular weight is 294 g/mol. The SMILES string of the molecule is CCn1nc(C)c(NC(=O)NCC[C@H]2CCCCO2)c1C. The number of carbonyl (C=O) groups excluding carboxylic acids is 1. The summed E-state index contributed by atoms with van der Waals surface area (Å²) in [6.07, 6.45) is 4.66. The molecule has 2 amide bonds. The van der Waals surface area contributed by atoms with Crippen molar-refractivity contribution in [3.63, 3.8) is 0 Å². The lowest BCUT2D eigenvalue weighted by Gasteiger charge is -2.22. The largest absolute Gasteiger partial charge is 0.378 e. The van der Waals surface area contributed by atoms with E-state index in [9.17, 15) is 4.79 Å². The number of nitrogens with one attached hydrogen (secondary N) is 2. The number of amides is 2. The summed E-state index contributed by atoms with van der Waals surface area (Å²) in [5.41, 5.74) is 2.64. The highest BCUT2D eigenvalue weighted by Crippen LogP contribution is 2.19. The third-order valence-electron chi connectivity index (χ3n) is 3.95. The standard InChI is InChI=1S/C15H26N4O2/c1-4-19-12(3)14(11(2)18-19)17-15(20)16-9-8-13-7-5-6-10-21-13/h13H,4-10H2,1-3H3,(H2,16,17,20)/t13-/m1/s1. The second kappa shape index (κ2) is 7.45. The maximum absolute atomic E-state index is 12.0. The molecule has 21 heavy (non-hydrogen) atoms. The van der Waals surface area contributed by atoms with Gasteiger partial charge in [-0.25, -0.2) is 4.79 Å². The zero-order valence-electron chi connectivity index (χ0n) is 13.2. The highest BCUT2D eigenvalue weighted by molar-refractivity contribution is 5.90. The molecule has 1 aromatic rings. The van der Waals surface area contributed by atoms with E-state index in [1.165, 1.54) is 6.42 Å². The van der Waals surface area contributed by atoms with Crippen LogP contribution in [-0.4, -0.2) is 35.1 Å². The second-order valence-electron chi connectivity index (χ2n) is 5.52. The molecule has 1 aromatic heterocycles. The molecule has 1 saturated heterocycles. The van der Waals surface area contributed by atoms with Crippen LogP contribution >= 0.6 is 0 Å². The molecule has 0 radical (unpaired) electrons. The van der Waals surface area contributed by atoms with E-state index in [-0.39, 0.29) is 6.03 Å². The molecular weight excluding hydrogens is 268 g/mol. The zero-order chi connectivity index (χ0) is 15.2. The lowest BCUT2D eigenvalue weighted by atomic mass is 10.1. The van der Waals surface area contributed by atoms with Gasteiger partial charge in [0.2, 0.25) is 0 Å². The van der Waals surface area contributed by atoms with Gasteiger partial charge in [0.15, 0.2) is 0 Å². The zero-order valence-corrected chi connectivity index (χ0v) is 13.2. The van der Waals surface area contributed by atoms with Crippen molar-refractivity contribution in [1.29, 1.82) is 0 Å². The smallest absolute Gasteiger partial charge is 0.319 e. The van der Waals surface area contributed by atoms with Gasteiger partial charge >= 0.3 is 6.03 Å². The van der Waals surface area contributed by atoms with E-state index in [4.69, 9.17) is 4.74 Å². The maximum atomic E-state index is 12.0. The molecule has 1 aliphatic rings. The minimum Gasteiger partial charge on any atom is -0.378 e. The summed E-state index contributed by atoms with van der Waals surface area (Å²) in [4.78, 5) is 12.0. The van der Waals surface area contributed by atoms with Gasteiger partial charge in [0.05, 0.1) is 23.2 Å². The first kappa shape index (κ1) is 15.8. The molecule has 2 N–H and O–H groups in total. The van der Waals surface area contributed by atoms with E-state index in [1.807, 2.05) is 25.5 Å². The third kappa shape index (κ3) is 4.20. The van der Waals surface area contributed by atoms with Crippen molar-refractivity contribution in [2.75, 3.05) is 18.5 Å². The predicted octanol–water partition coefficient (Wildman–Crippen LogP) is 2.60. The Morgan fingerprint density at radius 3 is 2.86 bits per heavy atom. The van der Waals surface area contributed by atoms with Crippen LogP contribution in [0.3, 0.4) is 0 Å². The number of nitrogens with zero attached hydrogens (tertiary/aromatic N) is 2. The van der Waals surface area contributed by atoms with E-state index in [0.29, 0.717) is 12.6 Å². The lowest BCUT2D eigenvalue weighted by Crippen LogP contribution is -2.32. The van der Waals surface area contributed by atoms with Crippen molar-refractivity contribution in [2.24, 2.45) is 0 Å². The van der Waals surface area contributed by atoms with Crippen molar-refractivity contribution < 1.29 is 9.53 Å². The molecule has 6 heteroatoms. The van der Waals surface area contributed by atoms with Crippen molar-refractivity contribution in [3.8, 4) is 0 Å². The van der Waals surface area contributed by atoms with Crippen molar-refractivity contribution in [2.45, 2.75) is 59.1 Å². The van der Waals surface area contributed by atoms with Gasteiger partial charge in [-0.15, -0.1) is 0 Å². The number of carbonyl (C=O) groups is 1. The minimum atomic E-state index is -0.173. The van der Waals surface area contributed by atoms with Gasteiger partial charge in [-0.05, 0) is 46.5 Å². The highest BCUT2D eigenvalue weighted by Gasteiger charge is 2.15. The number of hydrogen-bond acceptors (Lipinski definition) is 3. The average Bonchev–Trinajstić information content (AvgIpc) is 2.76. The number of rotatable bonds is 5. The topological polar surface area (TPSA) is 68.2 Å². The third-order valence-corrected chi connectivity index (χ3v) is 3.95. The van der Waals surface area contributed by atoms with E-state index in [1.54, 1.807) is 0 Å². The lowest BCUT2D eigenvalue weighted by molar-refractivity contribution is 0.0120. The van der Waals surface area contributed by atoms with Gasteiger partial charge in [0.25, 0.3) is 0 Å². The van der Waals surface area contributed by atoms with Crippen LogP contribution in [0.25, 0.3) is 0 Å². The number of anilines is 1. The predicted molar refractivity (Wildman–Crippen MR) is 82.6 cm³/mol. The van der Waals surface area contributed by atoms with Crippen LogP contribution in [-0.2, 0) is 11.3 Å². The van der Waals surface area contributed by atoms with Crippen molar-refractivity contribution in [1.82, 2.24) is 15.1 Å². The quantitative estimate of drug-likeness (QED) is 0.877. The van der Waals surface area contributed by atoms with Crippen LogP contribution in [0.1, 0.15) is 44.0 Å². The van der Waals surface area contributed by atoms with Gasteiger partial charge in [0, 0.05) is 19.7 Å². The molecule has 1 aliphatic heterocycles. The Hall–Kier alpha value is -1.56. The van der Waals surface area contributed by atoms with Gasteiger partial charge < -0.3 is 15.4 Å². The summed E-state index contributed by atoms with van der Waals surface area (Å²) in [6, 6.07) is -0.173. The van der Waals surface area contributed by atoms with Gasteiger partial charge in [0.1, 0.15) is 0 Å². The Labute approximate surface area is 126 Å². The summed E-state index contributed by atoms with van der Waals surface area (Å²) >= 11 is 0. The second-order valence-corrected chi connectivity index (χ2v) is 5.52. The normalized spacial score (nSPS) is 18.5. The number of urea groups is 1. The maximum Gasteiger partial charge on any atom is 0.319 e. The molecule has 0 aromatic carbocycles. The number of hydrogen-bond donors (Lipinski definition) is 2. The molecule has 0 aliphatic carbocycles. The van der Waals surface area contributed by atoms with E-state index < -0.39 is 0 Å². The molecular formula is C15H26N4O2. The molecule has 1 atom stereocenters. The molecule has 2 heterocycles. The van der Waals surface area contributed by atoms with E-state index >= 15 is 0 Å². The Bertz CT molecular complexity index is 478. The fourth-order valence-electron chi connectivity index (χ4n) is 2.73. The summed E-state index contributed by atoms with van der Waals surface area (Å²) < 4.78 is 7.54. The van der Waals surface area contributed by atoms with E-state index in [0.717, 1.165) is 49.5 Å². The van der Waals surface area contributed by atoms with Crippen LogP contribution in [0, 0.1) is 13.8 Å². The van der Waals surface area contributed by atoms with E-state index in [2.05, 4.69) is 15.7 Å². The van der Waals surface area contributed by atoms with Crippen LogP contribution in [0.4, 0.5) is 10.5 Å². The van der Waals surface area contributed by atoms with Crippen LogP contribution in [0.5, 0.6) is 0 Å². The van der Waals surface area contributed by atoms with Gasteiger partial charge in [-0.3, -0.25) is 4.68 Å². The Kier molecular flexibility index (Phi) is 5.61.